The van der Waals surface area contributed by atoms with Crippen molar-refractivity contribution in [2.45, 2.75) is 26.4 Å². The van der Waals surface area contributed by atoms with Gasteiger partial charge in [0, 0.05) is 38.3 Å². The fourth-order valence-electron chi connectivity index (χ4n) is 2.53. The first-order valence-electron chi connectivity index (χ1n) is 8.19. The number of nitrogens with zero attached hydrogens (tertiary/aromatic N) is 4. The maximum absolute atomic E-state index is 12.6. The van der Waals surface area contributed by atoms with E-state index in [0.29, 0.717) is 0 Å². The summed E-state index contributed by atoms with van der Waals surface area (Å²) in [5.74, 6) is -0.564. The Kier molecular flexibility index (Phi) is 5.62. The molecule has 1 heterocycles. The first kappa shape index (κ1) is 20.1. The molecule has 0 radical (unpaired) electrons. The predicted octanol–water partition coefficient (Wildman–Crippen LogP) is 2.20. The highest BCUT2D eigenvalue weighted by Crippen LogP contribution is 2.24. The molecular weight excluding hydrogens is 360 g/mol. The molecule has 0 spiro atoms. The van der Waals surface area contributed by atoms with Crippen LogP contribution >= 0.6 is 0 Å². The second-order valence-electron chi connectivity index (χ2n) is 7.01. The van der Waals surface area contributed by atoms with Gasteiger partial charge in [-0.3, -0.25) is 25.0 Å². The highest BCUT2D eigenvalue weighted by atomic mass is 16.6. The lowest BCUT2D eigenvalue weighted by atomic mass is 10.1. The van der Waals surface area contributed by atoms with Crippen molar-refractivity contribution in [1.29, 1.82) is 0 Å². The fourth-order valence-corrected chi connectivity index (χ4v) is 2.53. The smallest absolute Gasteiger partial charge is 0.410 e. The summed E-state index contributed by atoms with van der Waals surface area (Å²) >= 11 is 0. The van der Waals surface area contributed by atoms with Gasteiger partial charge in [0.1, 0.15) is 5.60 Å². The number of carbonyl (C=O) groups is 2. The van der Waals surface area contributed by atoms with Crippen LogP contribution in [0.15, 0.2) is 18.2 Å². The third kappa shape index (κ3) is 5.12. The number of nitro benzene ring substituents is 2. The zero-order valence-corrected chi connectivity index (χ0v) is 15.2. The summed E-state index contributed by atoms with van der Waals surface area (Å²) in [4.78, 5) is 47.8. The first-order chi connectivity index (χ1) is 12.5. The van der Waals surface area contributed by atoms with Crippen molar-refractivity contribution in [2.75, 3.05) is 26.2 Å². The van der Waals surface area contributed by atoms with Crippen LogP contribution < -0.4 is 0 Å². The largest absolute Gasteiger partial charge is 0.444 e. The van der Waals surface area contributed by atoms with Gasteiger partial charge in [0.2, 0.25) is 0 Å². The summed E-state index contributed by atoms with van der Waals surface area (Å²) < 4.78 is 5.28. The SMILES string of the molecule is CC(C)(C)OC(=O)N1CCN(C(=O)c2cc([N+](=O)[O-])cc([N+](=O)[O-])c2)CC1. The normalized spacial score (nSPS) is 14.6. The Morgan fingerprint density at radius 1 is 0.926 bits per heavy atom. The van der Waals surface area contributed by atoms with Crippen LogP contribution in [-0.4, -0.2) is 63.4 Å². The molecule has 1 saturated heterocycles. The lowest BCUT2D eigenvalue weighted by Gasteiger charge is -2.35. The number of non-ortho nitro benzene ring substituents is 2. The quantitative estimate of drug-likeness (QED) is 0.579. The van der Waals surface area contributed by atoms with E-state index < -0.39 is 38.8 Å². The van der Waals surface area contributed by atoms with Crippen LogP contribution in [0.5, 0.6) is 0 Å². The van der Waals surface area contributed by atoms with Crippen molar-refractivity contribution < 1.29 is 24.2 Å². The van der Waals surface area contributed by atoms with E-state index in [1.807, 2.05) is 0 Å². The van der Waals surface area contributed by atoms with Crippen molar-refractivity contribution in [1.82, 2.24) is 9.80 Å². The molecule has 0 bridgehead atoms. The number of amides is 2. The number of benzene rings is 1. The highest BCUT2D eigenvalue weighted by molar-refractivity contribution is 5.95. The number of nitro groups is 2. The van der Waals surface area contributed by atoms with Gasteiger partial charge in [-0.1, -0.05) is 0 Å². The van der Waals surface area contributed by atoms with Gasteiger partial charge in [-0.25, -0.2) is 4.79 Å². The molecular formula is C16H20N4O7. The molecule has 1 aliphatic heterocycles. The Balaban J connectivity index is 2.11. The van der Waals surface area contributed by atoms with E-state index >= 15 is 0 Å². The van der Waals surface area contributed by atoms with Gasteiger partial charge in [0.05, 0.1) is 21.5 Å². The minimum atomic E-state index is -0.787. The fraction of sp³-hybridized carbons (Fsp3) is 0.500. The second kappa shape index (κ2) is 7.56. The second-order valence-corrected chi connectivity index (χ2v) is 7.01. The molecule has 146 valence electrons. The Morgan fingerprint density at radius 3 is 1.78 bits per heavy atom. The first-order valence-corrected chi connectivity index (χ1v) is 8.19. The molecule has 2 rings (SSSR count). The predicted molar refractivity (Wildman–Crippen MR) is 93.5 cm³/mol. The summed E-state index contributed by atoms with van der Waals surface area (Å²) in [7, 11) is 0. The Morgan fingerprint density at radius 2 is 1.37 bits per heavy atom. The molecule has 0 atom stereocenters. The summed E-state index contributed by atoms with van der Waals surface area (Å²) in [5, 5.41) is 21.9. The molecule has 11 nitrogen and oxygen atoms in total. The van der Waals surface area contributed by atoms with E-state index in [1.165, 1.54) is 9.80 Å². The number of rotatable bonds is 3. The molecule has 0 saturated carbocycles. The van der Waals surface area contributed by atoms with Crippen LogP contribution in [0.1, 0.15) is 31.1 Å². The zero-order chi connectivity index (χ0) is 20.4. The van der Waals surface area contributed by atoms with Gasteiger partial charge < -0.3 is 14.5 Å². The van der Waals surface area contributed by atoms with Gasteiger partial charge in [-0.05, 0) is 20.8 Å². The van der Waals surface area contributed by atoms with Crippen molar-refractivity contribution >= 4 is 23.4 Å². The Labute approximate surface area is 154 Å². The third-order valence-electron chi connectivity index (χ3n) is 3.79. The molecule has 0 N–H and O–H groups in total. The number of carbonyl (C=O) groups excluding carboxylic acids is 2. The summed E-state index contributed by atoms with van der Waals surface area (Å²) in [6, 6.07) is 2.82. The molecule has 1 aromatic carbocycles. The van der Waals surface area contributed by atoms with Gasteiger partial charge >= 0.3 is 6.09 Å². The van der Waals surface area contributed by atoms with Crippen LogP contribution in [0.4, 0.5) is 16.2 Å². The number of ether oxygens (including phenoxy) is 1. The summed E-state index contributed by atoms with van der Waals surface area (Å²) in [6.45, 7) is 6.10. The van der Waals surface area contributed by atoms with E-state index in [1.54, 1.807) is 20.8 Å². The molecule has 1 aliphatic rings. The number of hydrogen-bond donors (Lipinski definition) is 0. The highest BCUT2D eigenvalue weighted by Gasteiger charge is 2.29. The lowest BCUT2D eigenvalue weighted by molar-refractivity contribution is -0.394. The molecule has 0 aromatic heterocycles. The summed E-state index contributed by atoms with van der Waals surface area (Å²) in [6.07, 6.45) is -0.486. The maximum Gasteiger partial charge on any atom is 0.410 e. The van der Waals surface area contributed by atoms with Gasteiger partial charge in [0.25, 0.3) is 17.3 Å². The van der Waals surface area contributed by atoms with Crippen molar-refractivity contribution in [3.63, 3.8) is 0 Å². The molecule has 1 fully saturated rings. The standard InChI is InChI=1S/C16H20N4O7/c1-16(2,3)27-15(22)18-6-4-17(5-7-18)14(21)11-8-12(19(23)24)10-13(9-11)20(25)26/h8-10H,4-7H2,1-3H3. The van der Waals surface area contributed by atoms with Gasteiger partial charge in [-0.2, -0.15) is 0 Å². The topological polar surface area (TPSA) is 136 Å². The minimum absolute atomic E-state index is 0.137. The van der Waals surface area contributed by atoms with Crippen molar-refractivity contribution in [2.24, 2.45) is 0 Å². The monoisotopic (exact) mass is 380 g/mol. The average molecular weight is 380 g/mol. The van der Waals surface area contributed by atoms with Crippen LogP contribution in [-0.2, 0) is 4.74 Å². The van der Waals surface area contributed by atoms with Crippen molar-refractivity contribution in [3.05, 3.63) is 44.0 Å². The van der Waals surface area contributed by atoms with Crippen LogP contribution in [0.3, 0.4) is 0 Å². The van der Waals surface area contributed by atoms with E-state index in [9.17, 15) is 29.8 Å². The van der Waals surface area contributed by atoms with E-state index in [2.05, 4.69) is 0 Å². The maximum atomic E-state index is 12.6. The van der Waals surface area contributed by atoms with Crippen LogP contribution in [0.25, 0.3) is 0 Å². The minimum Gasteiger partial charge on any atom is -0.444 e. The summed E-state index contributed by atoms with van der Waals surface area (Å²) in [5.41, 5.74) is -1.83. The van der Waals surface area contributed by atoms with Gasteiger partial charge in [0.15, 0.2) is 0 Å². The Hall–Kier alpha value is -3.24. The number of hydrogen-bond acceptors (Lipinski definition) is 7. The van der Waals surface area contributed by atoms with Gasteiger partial charge in [-0.15, -0.1) is 0 Å². The third-order valence-corrected chi connectivity index (χ3v) is 3.79. The van der Waals surface area contributed by atoms with Crippen molar-refractivity contribution in [3.8, 4) is 0 Å². The average Bonchev–Trinajstić information content (AvgIpc) is 2.59. The molecule has 11 heteroatoms. The molecule has 0 aliphatic carbocycles. The van der Waals surface area contributed by atoms with E-state index in [4.69, 9.17) is 4.74 Å². The molecule has 0 unspecified atom stereocenters. The Bertz CT molecular complexity index is 747. The molecule has 27 heavy (non-hydrogen) atoms. The van der Waals surface area contributed by atoms with E-state index in [-0.39, 0.29) is 31.7 Å². The lowest BCUT2D eigenvalue weighted by Crippen LogP contribution is -2.51. The van der Waals surface area contributed by atoms with Crippen LogP contribution in [0, 0.1) is 20.2 Å². The molecule has 2 amide bonds. The van der Waals surface area contributed by atoms with E-state index in [0.717, 1.165) is 18.2 Å². The zero-order valence-electron chi connectivity index (χ0n) is 15.2. The molecule has 1 aromatic rings. The number of piperazine rings is 1. The van der Waals surface area contributed by atoms with Crippen LogP contribution in [0.2, 0.25) is 0 Å².